The summed E-state index contributed by atoms with van der Waals surface area (Å²) in [5, 5.41) is 11.9. The highest BCUT2D eigenvalue weighted by molar-refractivity contribution is 6.30. The van der Waals surface area contributed by atoms with Crippen LogP contribution in [0, 0.1) is 0 Å². The number of unbranched alkanes of at least 4 members (excludes halogenated alkanes) is 1. The Labute approximate surface area is 132 Å². The molecule has 0 saturated carbocycles. The molecule has 21 heavy (non-hydrogen) atoms. The molecule has 1 aromatic carbocycles. The number of aliphatic hydroxyl groups is 1. The number of halogens is 1. The van der Waals surface area contributed by atoms with Crippen molar-refractivity contribution in [1.29, 1.82) is 0 Å². The van der Waals surface area contributed by atoms with Crippen molar-refractivity contribution < 1.29 is 14.7 Å². The van der Waals surface area contributed by atoms with Crippen molar-refractivity contribution in [3.05, 3.63) is 34.9 Å². The zero-order valence-corrected chi connectivity index (χ0v) is 13.7. The summed E-state index contributed by atoms with van der Waals surface area (Å²) >= 11 is 5.97. The Morgan fingerprint density at radius 2 is 1.86 bits per heavy atom. The fourth-order valence-corrected chi connectivity index (χ4v) is 3.06. The highest BCUT2D eigenvalue weighted by Gasteiger charge is 2.30. The SMILES string of the molecule is CCCC[C@@](O)(CC[NH+]1CCOCC1)c1ccc(Cl)cc1. The highest BCUT2D eigenvalue weighted by atomic mass is 35.5. The molecule has 2 rings (SSSR count). The van der Waals surface area contributed by atoms with Gasteiger partial charge in [0.2, 0.25) is 0 Å². The predicted molar refractivity (Wildman–Crippen MR) is 85.9 cm³/mol. The van der Waals surface area contributed by atoms with Crippen molar-refractivity contribution in [3.8, 4) is 0 Å². The van der Waals surface area contributed by atoms with Gasteiger partial charge in [0.1, 0.15) is 13.1 Å². The molecule has 1 saturated heterocycles. The lowest BCUT2D eigenvalue weighted by molar-refractivity contribution is -0.909. The molecule has 3 nitrogen and oxygen atoms in total. The van der Waals surface area contributed by atoms with Crippen LogP contribution in [-0.2, 0) is 10.3 Å². The second-order valence-corrected chi connectivity index (χ2v) is 6.44. The Hall–Kier alpha value is -0.610. The van der Waals surface area contributed by atoms with E-state index in [4.69, 9.17) is 16.3 Å². The van der Waals surface area contributed by atoms with Gasteiger partial charge in [0.05, 0.1) is 25.4 Å². The molecule has 0 unspecified atom stereocenters. The van der Waals surface area contributed by atoms with E-state index < -0.39 is 5.60 Å². The lowest BCUT2D eigenvalue weighted by Crippen LogP contribution is -3.14. The van der Waals surface area contributed by atoms with Crippen LogP contribution in [-0.4, -0.2) is 38.0 Å². The van der Waals surface area contributed by atoms with Crippen molar-refractivity contribution in [2.24, 2.45) is 0 Å². The van der Waals surface area contributed by atoms with Crippen LogP contribution in [0.3, 0.4) is 0 Å². The van der Waals surface area contributed by atoms with E-state index in [1.54, 1.807) is 0 Å². The molecule has 0 aliphatic carbocycles. The lowest BCUT2D eigenvalue weighted by atomic mass is 9.85. The number of morpholine rings is 1. The first-order valence-electron chi connectivity index (χ1n) is 8.04. The molecule has 0 aromatic heterocycles. The molecule has 1 aromatic rings. The lowest BCUT2D eigenvalue weighted by Gasteiger charge is -2.32. The van der Waals surface area contributed by atoms with E-state index in [2.05, 4.69) is 6.92 Å². The van der Waals surface area contributed by atoms with Crippen LogP contribution in [0.5, 0.6) is 0 Å². The normalized spacial score (nSPS) is 19.4. The van der Waals surface area contributed by atoms with E-state index in [0.29, 0.717) is 0 Å². The largest absolute Gasteiger partial charge is 0.385 e. The predicted octanol–water partition coefficient (Wildman–Crippen LogP) is 2.02. The number of rotatable bonds is 7. The van der Waals surface area contributed by atoms with Gasteiger partial charge in [0, 0.05) is 11.4 Å². The third-order valence-electron chi connectivity index (χ3n) is 4.42. The molecule has 1 fully saturated rings. The standard InChI is InChI=1S/C17H26ClNO2/c1-2-3-8-17(20,15-4-6-16(18)7-5-15)9-10-19-11-13-21-14-12-19/h4-7,20H,2-3,8-14H2,1H3/p+1/t17-/m1/s1. The Morgan fingerprint density at radius 3 is 2.48 bits per heavy atom. The smallest absolute Gasteiger partial charge is 0.101 e. The van der Waals surface area contributed by atoms with Crippen LogP contribution in [0.15, 0.2) is 24.3 Å². The second kappa shape index (κ2) is 8.14. The zero-order valence-electron chi connectivity index (χ0n) is 12.9. The summed E-state index contributed by atoms with van der Waals surface area (Å²) < 4.78 is 5.40. The Bertz CT molecular complexity index is 417. The van der Waals surface area contributed by atoms with Crippen molar-refractivity contribution >= 4 is 11.6 Å². The molecule has 1 heterocycles. The minimum Gasteiger partial charge on any atom is -0.385 e. The van der Waals surface area contributed by atoms with Crippen molar-refractivity contribution in [2.45, 2.75) is 38.2 Å². The molecule has 0 bridgehead atoms. The summed E-state index contributed by atoms with van der Waals surface area (Å²) in [4.78, 5) is 1.53. The van der Waals surface area contributed by atoms with E-state index in [1.807, 2.05) is 24.3 Å². The number of hydrogen-bond acceptors (Lipinski definition) is 2. The summed E-state index contributed by atoms with van der Waals surface area (Å²) in [6, 6.07) is 7.67. The van der Waals surface area contributed by atoms with Gasteiger partial charge in [-0.3, -0.25) is 0 Å². The monoisotopic (exact) mass is 312 g/mol. The van der Waals surface area contributed by atoms with Gasteiger partial charge >= 0.3 is 0 Å². The molecular formula is C17H27ClNO2+. The van der Waals surface area contributed by atoms with Crippen molar-refractivity contribution in [1.82, 2.24) is 0 Å². The zero-order chi connectivity index (χ0) is 15.1. The summed E-state index contributed by atoms with van der Waals surface area (Å²) in [7, 11) is 0. The number of quaternary nitrogens is 1. The van der Waals surface area contributed by atoms with Crippen LogP contribution < -0.4 is 4.90 Å². The summed E-state index contributed by atoms with van der Waals surface area (Å²) in [5.74, 6) is 0. The van der Waals surface area contributed by atoms with Crippen LogP contribution in [0.1, 0.15) is 38.2 Å². The topological polar surface area (TPSA) is 33.9 Å². The van der Waals surface area contributed by atoms with Crippen molar-refractivity contribution in [2.75, 3.05) is 32.8 Å². The average molecular weight is 313 g/mol. The van der Waals surface area contributed by atoms with Gasteiger partial charge < -0.3 is 14.7 Å². The first kappa shape index (κ1) is 16.8. The van der Waals surface area contributed by atoms with Crippen LogP contribution in [0.2, 0.25) is 5.02 Å². The van der Waals surface area contributed by atoms with Gasteiger partial charge in [-0.05, 0) is 24.1 Å². The molecule has 0 spiro atoms. The molecule has 118 valence electrons. The van der Waals surface area contributed by atoms with Gasteiger partial charge in [-0.15, -0.1) is 0 Å². The third-order valence-corrected chi connectivity index (χ3v) is 4.67. The maximum atomic E-state index is 11.1. The fourth-order valence-electron chi connectivity index (χ4n) is 2.94. The molecule has 4 heteroatoms. The number of benzene rings is 1. The van der Waals surface area contributed by atoms with Gasteiger partial charge in [-0.2, -0.15) is 0 Å². The minimum atomic E-state index is -0.730. The molecule has 0 amide bonds. The number of hydrogen-bond donors (Lipinski definition) is 2. The number of nitrogens with one attached hydrogen (secondary N) is 1. The number of ether oxygens (including phenoxy) is 1. The summed E-state index contributed by atoms with van der Waals surface area (Å²) in [5.41, 5.74) is 0.263. The molecule has 0 radical (unpaired) electrons. The maximum Gasteiger partial charge on any atom is 0.101 e. The first-order valence-corrected chi connectivity index (χ1v) is 8.41. The van der Waals surface area contributed by atoms with Gasteiger partial charge in [-0.1, -0.05) is 43.5 Å². The van der Waals surface area contributed by atoms with E-state index in [9.17, 15) is 5.11 Å². The van der Waals surface area contributed by atoms with E-state index >= 15 is 0 Å². The van der Waals surface area contributed by atoms with E-state index in [-0.39, 0.29) is 0 Å². The van der Waals surface area contributed by atoms with Crippen LogP contribution in [0.25, 0.3) is 0 Å². The Morgan fingerprint density at radius 1 is 1.19 bits per heavy atom. The van der Waals surface area contributed by atoms with Gasteiger partial charge in [0.15, 0.2) is 0 Å². The average Bonchev–Trinajstić information content (AvgIpc) is 2.52. The van der Waals surface area contributed by atoms with E-state index in [0.717, 1.165) is 69.1 Å². The molecular weight excluding hydrogens is 286 g/mol. The van der Waals surface area contributed by atoms with Gasteiger partial charge in [0.25, 0.3) is 0 Å². The maximum absolute atomic E-state index is 11.1. The third kappa shape index (κ3) is 4.96. The van der Waals surface area contributed by atoms with Gasteiger partial charge in [-0.25, -0.2) is 0 Å². The molecule has 1 aliphatic heterocycles. The van der Waals surface area contributed by atoms with E-state index in [1.165, 1.54) is 4.90 Å². The first-order chi connectivity index (χ1) is 10.1. The highest BCUT2D eigenvalue weighted by Crippen LogP contribution is 2.31. The summed E-state index contributed by atoms with van der Waals surface area (Å²) in [6.07, 6.45) is 3.75. The molecule has 2 N–H and O–H groups in total. The Kier molecular flexibility index (Phi) is 6.49. The quantitative estimate of drug-likeness (QED) is 0.808. The second-order valence-electron chi connectivity index (χ2n) is 6.00. The van der Waals surface area contributed by atoms with Crippen LogP contribution >= 0.6 is 11.6 Å². The molecule has 1 aliphatic rings. The Balaban J connectivity index is 2.02. The summed E-state index contributed by atoms with van der Waals surface area (Å²) in [6.45, 7) is 6.92. The minimum absolute atomic E-state index is 0.718. The molecule has 1 atom stereocenters. The van der Waals surface area contributed by atoms with Crippen molar-refractivity contribution in [3.63, 3.8) is 0 Å². The fraction of sp³-hybridized carbons (Fsp3) is 0.647. The van der Waals surface area contributed by atoms with Crippen LogP contribution in [0.4, 0.5) is 0 Å².